The number of rotatable bonds is 4. The highest BCUT2D eigenvalue weighted by molar-refractivity contribution is 9.10. The SMILES string of the molecule is CCCn1ncc(Cl)c1C(=O)c1ccc(Br)o1. The first kappa shape index (κ1) is 12.4. The van der Waals surface area contributed by atoms with Gasteiger partial charge >= 0.3 is 0 Å². The number of aromatic nitrogens is 2. The summed E-state index contributed by atoms with van der Waals surface area (Å²) in [6.45, 7) is 2.66. The molecule has 0 unspecified atom stereocenters. The van der Waals surface area contributed by atoms with Gasteiger partial charge in [0.05, 0.1) is 11.2 Å². The first-order chi connectivity index (χ1) is 8.13. The molecular formula is C11H10BrClN2O2. The van der Waals surface area contributed by atoms with Crippen molar-refractivity contribution in [2.24, 2.45) is 0 Å². The summed E-state index contributed by atoms with van der Waals surface area (Å²) < 4.78 is 7.34. The molecule has 2 aromatic rings. The fourth-order valence-electron chi connectivity index (χ4n) is 1.52. The Morgan fingerprint density at radius 1 is 1.59 bits per heavy atom. The topological polar surface area (TPSA) is 48.0 Å². The second kappa shape index (κ2) is 5.06. The third kappa shape index (κ3) is 2.45. The van der Waals surface area contributed by atoms with Gasteiger partial charge in [-0.15, -0.1) is 0 Å². The Morgan fingerprint density at radius 2 is 2.35 bits per heavy atom. The van der Waals surface area contributed by atoms with Crippen LogP contribution in [0.25, 0.3) is 0 Å². The normalized spacial score (nSPS) is 10.8. The summed E-state index contributed by atoms with van der Waals surface area (Å²) >= 11 is 9.13. The lowest BCUT2D eigenvalue weighted by Gasteiger charge is -2.03. The van der Waals surface area contributed by atoms with E-state index < -0.39 is 0 Å². The maximum atomic E-state index is 12.2. The molecule has 2 heterocycles. The van der Waals surface area contributed by atoms with Crippen molar-refractivity contribution < 1.29 is 9.21 Å². The van der Waals surface area contributed by atoms with Crippen molar-refractivity contribution in [2.45, 2.75) is 19.9 Å². The van der Waals surface area contributed by atoms with Crippen LogP contribution in [0.3, 0.4) is 0 Å². The van der Waals surface area contributed by atoms with Gasteiger partial charge in [-0.1, -0.05) is 18.5 Å². The Bertz CT molecular complexity index is 547. The van der Waals surface area contributed by atoms with Crippen LogP contribution in [0.2, 0.25) is 5.02 Å². The van der Waals surface area contributed by atoms with Crippen molar-refractivity contribution in [3.8, 4) is 0 Å². The van der Waals surface area contributed by atoms with E-state index in [1.165, 1.54) is 6.20 Å². The minimum atomic E-state index is -0.258. The van der Waals surface area contributed by atoms with Crippen molar-refractivity contribution in [3.63, 3.8) is 0 Å². The van der Waals surface area contributed by atoms with Gasteiger partial charge in [-0.05, 0) is 34.5 Å². The number of furan rings is 1. The van der Waals surface area contributed by atoms with Gasteiger partial charge in [-0.2, -0.15) is 5.10 Å². The lowest BCUT2D eigenvalue weighted by atomic mass is 10.2. The van der Waals surface area contributed by atoms with Crippen LogP contribution >= 0.6 is 27.5 Å². The largest absolute Gasteiger partial charge is 0.446 e. The van der Waals surface area contributed by atoms with E-state index in [-0.39, 0.29) is 11.5 Å². The van der Waals surface area contributed by atoms with Gasteiger partial charge in [0.1, 0.15) is 5.69 Å². The molecule has 0 fully saturated rings. The second-order valence-corrected chi connectivity index (χ2v) is 4.69. The molecule has 0 spiro atoms. The van der Waals surface area contributed by atoms with E-state index in [0.29, 0.717) is 21.9 Å². The number of halogens is 2. The highest BCUT2D eigenvalue weighted by atomic mass is 79.9. The minimum absolute atomic E-state index is 0.247. The summed E-state index contributed by atoms with van der Waals surface area (Å²) in [6, 6.07) is 3.27. The monoisotopic (exact) mass is 316 g/mol. The standard InChI is InChI=1S/C11H10BrClN2O2/c1-2-5-15-10(7(13)6-14-15)11(16)8-3-4-9(12)17-8/h3-4,6H,2,5H2,1H3. The Labute approximate surface area is 112 Å². The number of nitrogens with zero attached hydrogens (tertiary/aromatic N) is 2. The Morgan fingerprint density at radius 3 is 2.94 bits per heavy atom. The predicted molar refractivity (Wildman–Crippen MR) is 67.4 cm³/mol. The molecule has 6 heteroatoms. The number of hydrogen-bond acceptors (Lipinski definition) is 3. The van der Waals surface area contributed by atoms with Gasteiger partial charge in [-0.3, -0.25) is 9.48 Å². The Hall–Kier alpha value is -1.07. The number of carbonyl (C=O) groups is 1. The first-order valence-electron chi connectivity index (χ1n) is 5.14. The molecular weight excluding hydrogens is 307 g/mol. The summed E-state index contributed by atoms with van der Waals surface area (Å²) in [5.74, 6) is -0.0109. The summed E-state index contributed by atoms with van der Waals surface area (Å²) in [6.07, 6.45) is 2.35. The van der Waals surface area contributed by atoms with Crippen molar-refractivity contribution in [2.75, 3.05) is 0 Å². The number of hydrogen-bond donors (Lipinski definition) is 0. The van der Waals surface area contributed by atoms with Gasteiger partial charge in [0, 0.05) is 6.54 Å². The molecule has 0 bridgehead atoms. The van der Waals surface area contributed by atoms with Crippen LogP contribution in [-0.4, -0.2) is 15.6 Å². The van der Waals surface area contributed by atoms with E-state index in [0.717, 1.165) is 6.42 Å². The van der Waals surface area contributed by atoms with Gasteiger partial charge in [0.15, 0.2) is 10.4 Å². The van der Waals surface area contributed by atoms with Crippen LogP contribution < -0.4 is 0 Å². The van der Waals surface area contributed by atoms with Crippen molar-refractivity contribution >= 4 is 33.3 Å². The van der Waals surface area contributed by atoms with Crippen LogP contribution in [-0.2, 0) is 6.54 Å². The molecule has 0 aliphatic carbocycles. The molecule has 90 valence electrons. The third-order valence-electron chi connectivity index (χ3n) is 2.24. The van der Waals surface area contributed by atoms with Crippen molar-refractivity contribution in [1.82, 2.24) is 9.78 Å². The highest BCUT2D eigenvalue weighted by Crippen LogP contribution is 2.22. The van der Waals surface area contributed by atoms with Gasteiger partial charge in [0.25, 0.3) is 0 Å². The summed E-state index contributed by atoms with van der Waals surface area (Å²) in [5.41, 5.74) is 0.371. The Balaban J connectivity index is 2.39. The molecule has 0 atom stereocenters. The molecule has 0 amide bonds. The van der Waals surface area contributed by atoms with Crippen LogP contribution in [0.1, 0.15) is 29.6 Å². The van der Waals surface area contributed by atoms with E-state index in [4.69, 9.17) is 16.0 Å². The van der Waals surface area contributed by atoms with Crippen LogP contribution in [0.4, 0.5) is 0 Å². The summed E-state index contributed by atoms with van der Waals surface area (Å²) in [7, 11) is 0. The number of ketones is 1. The molecule has 0 aliphatic rings. The average molecular weight is 318 g/mol. The van der Waals surface area contributed by atoms with E-state index in [9.17, 15) is 4.79 Å². The molecule has 0 aliphatic heterocycles. The van der Waals surface area contributed by atoms with Gasteiger partial charge in [0.2, 0.25) is 5.78 Å². The van der Waals surface area contributed by atoms with Crippen LogP contribution in [0.5, 0.6) is 0 Å². The fraction of sp³-hybridized carbons (Fsp3) is 0.273. The van der Waals surface area contributed by atoms with Crippen LogP contribution in [0.15, 0.2) is 27.4 Å². The second-order valence-electron chi connectivity index (χ2n) is 3.50. The molecule has 0 radical (unpaired) electrons. The molecule has 2 rings (SSSR count). The van der Waals surface area contributed by atoms with E-state index >= 15 is 0 Å². The Kier molecular flexibility index (Phi) is 3.69. The lowest BCUT2D eigenvalue weighted by Crippen LogP contribution is -2.11. The van der Waals surface area contributed by atoms with E-state index in [1.54, 1.807) is 16.8 Å². The van der Waals surface area contributed by atoms with Crippen LogP contribution in [0, 0.1) is 0 Å². The smallest absolute Gasteiger partial charge is 0.247 e. The molecule has 0 aromatic carbocycles. The highest BCUT2D eigenvalue weighted by Gasteiger charge is 2.21. The fourth-order valence-corrected chi connectivity index (χ4v) is 2.06. The number of aryl methyl sites for hydroxylation is 1. The van der Waals surface area contributed by atoms with E-state index in [2.05, 4.69) is 21.0 Å². The first-order valence-corrected chi connectivity index (χ1v) is 6.32. The van der Waals surface area contributed by atoms with E-state index in [1.807, 2.05) is 6.92 Å². The van der Waals surface area contributed by atoms with Gasteiger partial charge < -0.3 is 4.42 Å². The molecule has 2 aromatic heterocycles. The molecule has 0 N–H and O–H groups in total. The quantitative estimate of drug-likeness (QED) is 0.810. The predicted octanol–water partition coefficient (Wildman–Crippen LogP) is 3.53. The molecule has 0 saturated carbocycles. The summed E-state index contributed by atoms with van der Waals surface area (Å²) in [4.78, 5) is 12.2. The molecule has 17 heavy (non-hydrogen) atoms. The van der Waals surface area contributed by atoms with Crippen molar-refractivity contribution in [3.05, 3.63) is 39.5 Å². The molecule has 4 nitrogen and oxygen atoms in total. The average Bonchev–Trinajstić information content (AvgIpc) is 2.86. The zero-order valence-electron chi connectivity index (χ0n) is 9.11. The maximum absolute atomic E-state index is 12.2. The molecule has 0 saturated heterocycles. The lowest BCUT2D eigenvalue weighted by molar-refractivity contribution is 0.0997. The number of carbonyl (C=O) groups excluding carboxylic acids is 1. The van der Waals surface area contributed by atoms with Crippen molar-refractivity contribution in [1.29, 1.82) is 0 Å². The van der Waals surface area contributed by atoms with Gasteiger partial charge in [-0.25, -0.2) is 0 Å². The maximum Gasteiger partial charge on any atom is 0.247 e. The third-order valence-corrected chi connectivity index (χ3v) is 2.95. The zero-order valence-corrected chi connectivity index (χ0v) is 11.5. The summed E-state index contributed by atoms with van der Waals surface area (Å²) in [5, 5.41) is 4.41. The minimum Gasteiger partial charge on any atom is -0.446 e. The zero-order chi connectivity index (χ0) is 12.4.